The van der Waals surface area contributed by atoms with Crippen LogP contribution in [0, 0.1) is 0 Å². The van der Waals surface area contributed by atoms with Crippen LogP contribution in [0.1, 0.15) is 20.3 Å². The number of hydrogen-bond acceptors (Lipinski definition) is 5. The Balaban J connectivity index is 2.33. The molecule has 3 amide bonds. The maximum Gasteiger partial charge on any atom is 0.433 e. The van der Waals surface area contributed by atoms with Crippen molar-refractivity contribution >= 4 is 35.2 Å². The predicted molar refractivity (Wildman–Crippen MR) is 87.5 cm³/mol. The van der Waals surface area contributed by atoms with Crippen LogP contribution in [0.4, 0.5) is 10.5 Å². The average molecular weight is 353 g/mol. The van der Waals surface area contributed by atoms with E-state index in [1.165, 1.54) is 6.92 Å². The number of hydrogen-bond donors (Lipinski definition) is 3. The SMILES string of the molecule is CCCOC(=O)N(Nc1ccc(Cl)cc1)C(C)=C1C(=O)NNC1=O. The molecule has 1 aromatic rings. The van der Waals surface area contributed by atoms with Crippen molar-refractivity contribution in [1.82, 2.24) is 15.9 Å². The van der Waals surface area contributed by atoms with E-state index in [-0.39, 0.29) is 17.9 Å². The number of hydrazine groups is 2. The molecule has 1 aromatic carbocycles. The van der Waals surface area contributed by atoms with Gasteiger partial charge in [0.15, 0.2) is 0 Å². The number of nitrogens with zero attached hydrogens (tertiary/aromatic N) is 1. The number of anilines is 1. The summed E-state index contributed by atoms with van der Waals surface area (Å²) in [7, 11) is 0. The quantitative estimate of drug-likeness (QED) is 0.427. The molecule has 1 heterocycles. The molecule has 8 nitrogen and oxygen atoms in total. The second-order valence-corrected chi connectivity index (χ2v) is 5.37. The number of nitrogens with one attached hydrogen (secondary N) is 3. The lowest BCUT2D eigenvalue weighted by atomic mass is 10.2. The highest BCUT2D eigenvalue weighted by atomic mass is 35.5. The molecular weight excluding hydrogens is 336 g/mol. The minimum atomic E-state index is -0.732. The van der Waals surface area contributed by atoms with Crippen molar-refractivity contribution < 1.29 is 19.1 Å². The topological polar surface area (TPSA) is 99.8 Å². The van der Waals surface area contributed by atoms with E-state index in [0.29, 0.717) is 17.1 Å². The number of carbonyl (C=O) groups is 3. The van der Waals surface area contributed by atoms with Gasteiger partial charge in [-0.3, -0.25) is 25.9 Å². The standard InChI is InChI=1S/C15H17ClN4O4/c1-3-8-24-15(23)20(19-11-6-4-10(16)5-7-11)9(2)12-13(21)17-18-14(12)22/h4-7,19H,3,8H2,1-2H3,(H,17,21)(H,18,22). The molecule has 3 N–H and O–H groups in total. The number of allylic oxidation sites excluding steroid dienone is 1. The Morgan fingerprint density at radius 1 is 1.21 bits per heavy atom. The number of rotatable bonds is 5. The first-order chi connectivity index (χ1) is 11.4. The lowest BCUT2D eigenvalue weighted by Crippen LogP contribution is -2.37. The van der Waals surface area contributed by atoms with Crippen molar-refractivity contribution in [3.8, 4) is 0 Å². The summed E-state index contributed by atoms with van der Waals surface area (Å²) < 4.78 is 5.10. The zero-order valence-corrected chi connectivity index (χ0v) is 13.9. The number of benzene rings is 1. The van der Waals surface area contributed by atoms with Gasteiger partial charge in [-0.2, -0.15) is 5.01 Å². The summed E-state index contributed by atoms with van der Waals surface area (Å²) in [5, 5.41) is 1.55. The van der Waals surface area contributed by atoms with E-state index < -0.39 is 17.9 Å². The van der Waals surface area contributed by atoms with E-state index in [9.17, 15) is 14.4 Å². The van der Waals surface area contributed by atoms with E-state index in [1.54, 1.807) is 24.3 Å². The minimum absolute atomic E-state index is 0.110. The van der Waals surface area contributed by atoms with Crippen LogP contribution in [0.2, 0.25) is 5.02 Å². The molecule has 1 aliphatic heterocycles. The van der Waals surface area contributed by atoms with Gasteiger partial charge in [0, 0.05) is 5.02 Å². The van der Waals surface area contributed by atoms with Crippen LogP contribution in [0.3, 0.4) is 0 Å². The van der Waals surface area contributed by atoms with Gasteiger partial charge in [-0.15, -0.1) is 0 Å². The summed E-state index contributed by atoms with van der Waals surface area (Å²) in [6.45, 7) is 3.53. The smallest absolute Gasteiger partial charge is 0.433 e. The Bertz CT molecular complexity index is 669. The zero-order valence-electron chi connectivity index (χ0n) is 13.2. The fourth-order valence-electron chi connectivity index (χ4n) is 1.96. The Kier molecular flexibility index (Phi) is 5.64. The van der Waals surface area contributed by atoms with Crippen molar-refractivity contribution in [2.75, 3.05) is 12.0 Å². The van der Waals surface area contributed by atoms with Gasteiger partial charge >= 0.3 is 6.09 Å². The number of halogens is 1. The van der Waals surface area contributed by atoms with Crippen molar-refractivity contribution in [3.63, 3.8) is 0 Å². The molecule has 0 spiro atoms. The van der Waals surface area contributed by atoms with Gasteiger partial charge in [-0.1, -0.05) is 18.5 Å². The largest absolute Gasteiger partial charge is 0.448 e. The molecule has 0 saturated carbocycles. The summed E-state index contributed by atoms with van der Waals surface area (Å²) in [5.41, 5.74) is 7.66. The molecule has 9 heteroatoms. The molecule has 0 atom stereocenters. The fraction of sp³-hybridized carbons (Fsp3) is 0.267. The highest BCUT2D eigenvalue weighted by Gasteiger charge is 2.32. The molecule has 1 fully saturated rings. The molecule has 0 bridgehead atoms. The maximum atomic E-state index is 12.3. The third-order valence-electron chi connectivity index (χ3n) is 3.14. The summed E-state index contributed by atoms with van der Waals surface area (Å²) in [5.74, 6) is -1.24. The first kappa shape index (κ1) is 17.6. The number of ether oxygens (including phenoxy) is 1. The van der Waals surface area contributed by atoms with Crippen molar-refractivity contribution in [3.05, 3.63) is 40.6 Å². The molecule has 2 rings (SSSR count). The van der Waals surface area contributed by atoms with E-state index in [2.05, 4.69) is 16.3 Å². The van der Waals surface area contributed by atoms with Gasteiger partial charge in [0.25, 0.3) is 11.8 Å². The normalized spacial score (nSPS) is 13.2. The first-order valence-electron chi connectivity index (χ1n) is 7.24. The Morgan fingerprint density at radius 3 is 2.33 bits per heavy atom. The third kappa shape index (κ3) is 3.96. The van der Waals surface area contributed by atoms with Gasteiger partial charge in [0.1, 0.15) is 5.57 Å². The van der Waals surface area contributed by atoms with Crippen LogP contribution in [0.25, 0.3) is 0 Å². The number of amides is 3. The summed E-state index contributed by atoms with van der Waals surface area (Å²) in [4.78, 5) is 35.9. The predicted octanol–water partition coefficient (Wildman–Crippen LogP) is 1.95. The monoisotopic (exact) mass is 352 g/mol. The summed E-state index contributed by atoms with van der Waals surface area (Å²) in [6, 6.07) is 6.57. The summed E-state index contributed by atoms with van der Waals surface area (Å²) in [6.07, 6.45) is -0.0961. The lowest BCUT2D eigenvalue weighted by Gasteiger charge is -2.24. The second-order valence-electron chi connectivity index (χ2n) is 4.94. The van der Waals surface area contributed by atoms with E-state index in [0.717, 1.165) is 5.01 Å². The van der Waals surface area contributed by atoms with Crippen LogP contribution in [0.15, 0.2) is 35.5 Å². The summed E-state index contributed by atoms with van der Waals surface area (Å²) >= 11 is 5.84. The fourth-order valence-corrected chi connectivity index (χ4v) is 2.08. The molecule has 0 aliphatic carbocycles. The van der Waals surface area contributed by atoms with Crippen molar-refractivity contribution in [2.24, 2.45) is 0 Å². The zero-order chi connectivity index (χ0) is 17.7. The number of carbonyl (C=O) groups excluding carboxylic acids is 3. The van der Waals surface area contributed by atoms with E-state index in [1.807, 2.05) is 6.92 Å². The van der Waals surface area contributed by atoms with Gasteiger partial charge in [0.05, 0.1) is 18.0 Å². The van der Waals surface area contributed by atoms with Crippen LogP contribution in [0.5, 0.6) is 0 Å². The van der Waals surface area contributed by atoms with Gasteiger partial charge < -0.3 is 4.74 Å². The van der Waals surface area contributed by atoms with Crippen molar-refractivity contribution in [1.29, 1.82) is 0 Å². The molecule has 0 aromatic heterocycles. The third-order valence-corrected chi connectivity index (χ3v) is 3.39. The highest BCUT2D eigenvalue weighted by molar-refractivity contribution is 6.30. The molecule has 24 heavy (non-hydrogen) atoms. The van der Waals surface area contributed by atoms with Gasteiger partial charge in [0.2, 0.25) is 0 Å². The van der Waals surface area contributed by atoms with Crippen molar-refractivity contribution in [2.45, 2.75) is 20.3 Å². The maximum absolute atomic E-state index is 12.3. The molecule has 128 valence electrons. The minimum Gasteiger partial charge on any atom is -0.448 e. The molecule has 0 radical (unpaired) electrons. The van der Waals surface area contributed by atoms with Crippen LogP contribution in [-0.2, 0) is 14.3 Å². The molecule has 0 unspecified atom stereocenters. The van der Waals surface area contributed by atoms with Crippen LogP contribution >= 0.6 is 11.6 Å². The Morgan fingerprint density at radius 2 is 1.79 bits per heavy atom. The van der Waals surface area contributed by atoms with Crippen LogP contribution in [-0.4, -0.2) is 29.5 Å². The van der Waals surface area contributed by atoms with Gasteiger partial charge in [-0.05, 0) is 37.6 Å². The highest BCUT2D eigenvalue weighted by Crippen LogP contribution is 2.19. The molecule has 1 aliphatic rings. The molecule has 1 saturated heterocycles. The lowest BCUT2D eigenvalue weighted by molar-refractivity contribution is -0.117. The van der Waals surface area contributed by atoms with E-state index >= 15 is 0 Å². The first-order valence-corrected chi connectivity index (χ1v) is 7.62. The second kappa shape index (κ2) is 7.69. The Labute approximate surface area is 143 Å². The average Bonchev–Trinajstić information content (AvgIpc) is 2.90. The Hall–Kier alpha value is -2.74. The van der Waals surface area contributed by atoms with E-state index in [4.69, 9.17) is 16.3 Å². The van der Waals surface area contributed by atoms with Gasteiger partial charge in [-0.25, -0.2) is 4.79 Å². The van der Waals surface area contributed by atoms with Crippen LogP contribution < -0.4 is 16.3 Å². The molecular formula is C15H17ClN4O4.